The second kappa shape index (κ2) is 8.80. The highest BCUT2D eigenvalue weighted by Crippen LogP contribution is 1.79. The number of carbonyl (C=O) groups is 1. The van der Waals surface area contributed by atoms with Gasteiger partial charge in [0.2, 0.25) is 0 Å². The molecule has 5 heteroatoms. The number of nitrogens with zero attached hydrogens (tertiary/aromatic N) is 1. The van der Waals surface area contributed by atoms with Crippen molar-refractivity contribution < 1.29 is 9.90 Å². The lowest BCUT2D eigenvalue weighted by Gasteiger charge is -1.99. The summed E-state index contributed by atoms with van der Waals surface area (Å²) in [5.74, 6) is -0.961. The summed E-state index contributed by atoms with van der Waals surface area (Å²) < 4.78 is 0.731. The number of aliphatic carboxylic acids is 1. The Morgan fingerprint density at radius 1 is 1.58 bits per heavy atom. The largest absolute Gasteiger partial charge is 0.550 e. The monoisotopic (exact) mass is 209 g/mol. The van der Waals surface area contributed by atoms with Crippen LogP contribution in [0.2, 0.25) is 0 Å². The maximum atomic E-state index is 9.49. The smallest absolute Gasteiger partial charge is 0.285 e. The summed E-state index contributed by atoms with van der Waals surface area (Å²) >= 11 is 7.80. The summed E-state index contributed by atoms with van der Waals surface area (Å²) in [6.45, 7) is 1.80. The van der Waals surface area contributed by atoms with Crippen LogP contribution in [-0.4, -0.2) is 29.3 Å². The van der Waals surface area contributed by atoms with Gasteiger partial charge in [0.15, 0.2) is 0 Å². The van der Waals surface area contributed by atoms with Crippen molar-refractivity contribution in [2.24, 2.45) is 0 Å². The standard InChI is InChI=1S/C4H8O2.C3H7NS2/c1-2-3-4(5)6;1-4(2)3(5)6/h2-3H2,1H3,(H,5,6);1-2H3,(H,5,6). The average molecular weight is 209 g/mol. The Bertz CT molecular complexity index is 148. The molecule has 0 unspecified atom stereocenters. The molecule has 0 aliphatic heterocycles. The van der Waals surface area contributed by atoms with E-state index in [0.717, 1.165) is 4.32 Å². The van der Waals surface area contributed by atoms with Crippen molar-refractivity contribution in [1.82, 2.24) is 4.90 Å². The maximum Gasteiger partial charge on any atom is 0.285 e. The Kier molecular flexibility index (Phi) is 10.5. The number of carbonyl (C=O) groups excluding carboxylic acids is 1. The van der Waals surface area contributed by atoms with Crippen molar-refractivity contribution in [1.29, 1.82) is 0 Å². The highest BCUT2D eigenvalue weighted by atomic mass is 32.1. The molecule has 0 aromatic carbocycles. The van der Waals surface area contributed by atoms with Gasteiger partial charge in [-0.1, -0.05) is 13.3 Å². The van der Waals surface area contributed by atoms with Gasteiger partial charge in [0.25, 0.3) is 4.32 Å². The fourth-order valence-electron chi connectivity index (χ4n) is 0.204. The molecule has 0 saturated heterocycles. The van der Waals surface area contributed by atoms with Gasteiger partial charge in [0.1, 0.15) is 0 Å². The molecule has 0 aromatic rings. The molecular formula is C7H15NO2S2. The third-order valence-electron chi connectivity index (χ3n) is 0.860. The number of hydrogen-bond donors (Lipinski definition) is 0. The summed E-state index contributed by atoms with van der Waals surface area (Å²) in [7, 11) is 3.77. The molecule has 0 rings (SSSR count). The van der Waals surface area contributed by atoms with Crippen molar-refractivity contribution in [3.05, 3.63) is 0 Å². The third-order valence-corrected chi connectivity index (χ3v) is 1.67. The van der Waals surface area contributed by atoms with Gasteiger partial charge in [-0.3, -0.25) is 0 Å². The summed E-state index contributed by atoms with van der Waals surface area (Å²) in [6, 6.07) is 0. The molecule has 0 aromatic heterocycles. The molecule has 0 aliphatic rings. The third kappa shape index (κ3) is 16.4. The number of carboxylic acids is 1. The summed E-state index contributed by atoms with van der Waals surface area (Å²) in [5.41, 5.74) is 0. The maximum absolute atomic E-state index is 9.49. The van der Waals surface area contributed by atoms with Gasteiger partial charge in [-0.2, -0.15) is 0 Å². The second-order valence-electron chi connectivity index (χ2n) is 2.32. The first kappa shape index (κ1) is 14.2. The quantitative estimate of drug-likeness (QED) is 0.449. The number of hydrogen-bond acceptors (Lipinski definition) is 3. The van der Waals surface area contributed by atoms with Gasteiger partial charge in [0, 0.05) is 32.7 Å². The van der Waals surface area contributed by atoms with E-state index in [9.17, 15) is 9.90 Å². The molecule has 0 saturated carbocycles. The fraction of sp³-hybridized carbons (Fsp3) is 0.714. The summed E-state index contributed by atoms with van der Waals surface area (Å²) in [5, 5.41) is 9.49. The van der Waals surface area contributed by atoms with Crippen LogP contribution in [0.4, 0.5) is 0 Å². The molecule has 0 atom stereocenters. The molecule has 0 heterocycles. The van der Waals surface area contributed by atoms with Gasteiger partial charge in [-0.05, 0) is 18.6 Å². The fourth-order valence-corrected chi connectivity index (χ4v) is 0.204. The Morgan fingerprint density at radius 2 is 1.92 bits per heavy atom. The first-order chi connectivity index (χ1) is 5.41. The van der Waals surface area contributed by atoms with Crippen LogP contribution in [0.5, 0.6) is 0 Å². The van der Waals surface area contributed by atoms with E-state index < -0.39 is 5.97 Å². The SMILES string of the molecule is CCCC(=O)[O-].CN(C)C(=S)[SH2+]. The molecule has 0 fully saturated rings. The van der Waals surface area contributed by atoms with Gasteiger partial charge >= 0.3 is 0 Å². The van der Waals surface area contributed by atoms with Gasteiger partial charge < -0.3 is 14.8 Å². The van der Waals surface area contributed by atoms with Crippen molar-refractivity contribution in [3.8, 4) is 0 Å². The summed E-state index contributed by atoms with van der Waals surface area (Å²) in [4.78, 5) is 11.3. The lowest BCUT2D eigenvalue weighted by Crippen LogP contribution is -2.20. The van der Waals surface area contributed by atoms with Crippen molar-refractivity contribution in [3.63, 3.8) is 0 Å². The van der Waals surface area contributed by atoms with E-state index in [1.165, 1.54) is 0 Å². The molecule has 0 spiro atoms. The molecule has 12 heavy (non-hydrogen) atoms. The van der Waals surface area contributed by atoms with E-state index in [-0.39, 0.29) is 6.42 Å². The number of rotatable bonds is 2. The Morgan fingerprint density at radius 3 is 1.92 bits per heavy atom. The van der Waals surface area contributed by atoms with Crippen LogP contribution in [0.15, 0.2) is 0 Å². The highest BCUT2D eigenvalue weighted by Gasteiger charge is 1.92. The zero-order valence-electron chi connectivity index (χ0n) is 7.59. The first-order valence-corrected chi connectivity index (χ1v) is 4.45. The van der Waals surface area contributed by atoms with E-state index in [1.54, 1.807) is 6.92 Å². The molecular weight excluding hydrogens is 194 g/mol. The normalized spacial score (nSPS) is 8.00. The van der Waals surface area contributed by atoms with E-state index in [2.05, 4.69) is 24.8 Å². The molecule has 0 N–H and O–H groups in total. The Labute approximate surface area is 84.2 Å². The van der Waals surface area contributed by atoms with E-state index in [0.29, 0.717) is 6.42 Å². The lowest BCUT2D eigenvalue weighted by atomic mass is 10.4. The minimum absolute atomic E-state index is 0.181. The van der Waals surface area contributed by atoms with Crippen LogP contribution in [0, 0.1) is 0 Å². The minimum Gasteiger partial charge on any atom is -0.550 e. The Hall–Kier alpha value is -0.290. The topological polar surface area (TPSA) is 43.4 Å². The Balaban J connectivity index is 0. The van der Waals surface area contributed by atoms with Crippen LogP contribution in [-0.2, 0) is 17.4 Å². The van der Waals surface area contributed by atoms with Crippen LogP contribution < -0.4 is 5.11 Å². The number of thiocarbonyl (C=S) groups is 1. The van der Waals surface area contributed by atoms with Crippen molar-refractivity contribution in [2.75, 3.05) is 14.1 Å². The van der Waals surface area contributed by atoms with E-state index in [4.69, 9.17) is 0 Å². The van der Waals surface area contributed by atoms with Gasteiger partial charge in [-0.25, -0.2) is 0 Å². The van der Waals surface area contributed by atoms with E-state index in [1.807, 2.05) is 19.0 Å². The molecule has 3 nitrogen and oxygen atoms in total. The lowest BCUT2D eigenvalue weighted by molar-refractivity contribution is -0.305. The molecule has 0 radical (unpaired) electrons. The van der Waals surface area contributed by atoms with Gasteiger partial charge in [-0.15, -0.1) is 0 Å². The van der Waals surface area contributed by atoms with Gasteiger partial charge in [0.05, 0.1) is 0 Å². The predicted molar refractivity (Wildman–Crippen MR) is 56.4 cm³/mol. The zero-order valence-corrected chi connectivity index (χ0v) is 9.40. The first-order valence-electron chi connectivity index (χ1n) is 3.54. The zero-order chi connectivity index (χ0) is 10.1. The van der Waals surface area contributed by atoms with Crippen LogP contribution in [0.3, 0.4) is 0 Å². The van der Waals surface area contributed by atoms with Crippen LogP contribution >= 0.6 is 12.2 Å². The predicted octanol–water partition coefficient (Wildman–Crippen LogP) is -0.619. The van der Waals surface area contributed by atoms with E-state index >= 15 is 0 Å². The molecule has 0 amide bonds. The highest BCUT2D eigenvalue weighted by molar-refractivity contribution is 8.00. The molecule has 0 aliphatic carbocycles. The van der Waals surface area contributed by atoms with Crippen LogP contribution in [0.1, 0.15) is 19.8 Å². The minimum atomic E-state index is -0.961. The van der Waals surface area contributed by atoms with Crippen LogP contribution in [0.25, 0.3) is 0 Å². The second-order valence-corrected chi connectivity index (χ2v) is 3.54. The molecule has 0 bridgehead atoms. The number of carboxylic acid groups (broad SMARTS) is 1. The summed E-state index contributed by atoms with van der Waals surface area (Å²) in [6.07, 6.45) is 0.850. The van der Waals surface area contributed by atoms with Crippen molar-refractivity contribution >= 4 is 35.1 Å². The molecule has 72 valence electrons. The van der Waals surface area contributed by atoms with Crippen molar-refractivity contribution in [2.45, 2.75) is 19.8 Å². The average Bonchev–Trinajstić information content (AvgIpc) is 1.87.